The predicted octanol–water partition coefficient (Wildman–Crippen LogP) is 3.33. The maximum atomic E-state index is 6.08. The third-order valence-corrected chi connectivity index (χ3v) is 4.66. The monoisotopic (exact) mass is 352 g/mol. The molecule has 0 fully saturated rings. The second-order valence-corrected chi connectivity index (χ2v) is 6.60. The van der Waals surface area contributed by atoms with E-state index < -0.39 is 0 Å². The molecule has 0 radical (unpaired) electrons. The van der Waals surface area contributed by atoms with E-state index in [0.29, 0.717) is 12.6 Å². The smallest absolute Gasteiger partial charge is 0.189 e. The van der Waals surface area contributed by atoms with E-state index in [9.17, 15) is 0 Å². The molecule has 1 unspecified atom stereocenters. The lowest BCUT2D eigenvalue weighted by Gasteiger charge is -2.26. The molecule has 5 nitrogen and oxygen atoms in total. The van der Waals surface area contributed by atoms with Crippen LogP contribution in [0.3, 0.4) is 0 Å². The highest BCUT2D eigenvalue weighted by atomic mass is 16.5. The highest BCUT2D eigenvalue weighted by Gasteiger charge is 2.21. The van der Waals surface area contributed by atoms with Gasteiger partial charge in [-0.15, -0.1) is 0 Å². The lowest BCUT2D eigenvalue weighted by atomic mass is 10.0. The van der Waals surface area contributed by atoms with E-state index in [1.54, 1.807) is 0 Å². The fourth-order valence-electron chi connectivity index (χ4n) is 3.19. The summed E-state index contributed by atoms with van der Waals surface area (Å²) >= 11 is 0. The lowest BCUT2D eigenvalue weighted by molar-refractivity contribution is 0.262. The van der Waals surface area contributed by atoms with Crippen LogP contribution < -0.4 is 20.7 Å². The van der Waals surface area contributed by atoms with Crippen molar-refractivity contribution in [3.63, 3.8) is 0 Å². The molecule has 0 saturated carbocycles. The number of para-hydroxylation sites is 2. The van der Waals surface area contributed by atoms with Crippen LogP contribution in [0.15, 0.2) is 59.6 Å². The van der Waals surface area contributed by atoms with Crippen LogP contribution in [-0.2, 0) is 0 Å². The van der Waals surface area contributed by atoms with Gasteiger partial charge in [0.2, 0.25) is 0 Å². The molecule has 3 N–H and O–H groups in total. The number of hydrogen-bond acceptors (Lipinski definition) is 3. The number of hydrogen-bond donors (Lipinski definition) is 2. The van der Waals surface area contributed by atoms with Crippen molar-refractivity contribution in [3.05, 3.63) is 60.2 Å². The number of nitrogens with one attached hydrogen (secondary N) is 1. The van der Waals surface area contributed by atoms with E-state index in [-0.39, 0.29) is 6.04 Å². The first-order valence-electron chi connectivity index (χ1n) is 9.28. The van der Waals surface area contributed by atoms with Crippen molar-refractivity contribution in [2.24, 2.45) is 10.7 Å². The van der Waals surface area contributed by atoms with Crippen LogP contribution in [0.2, 0.25) is 0 Å². The molecule has 2 aromatic carbocycles. The molecule has 0 spiro atoms. The maximum Gasteiger partial charge on any atom is 0.189 e. The van der Waals surface area contributed by atoms with Crippen LogP contribution >= 0.6 is 0 Å². The summed E-state index contributed by atoms with van der Waals surface area (Å²) in [6.07, 6.45) is 3.00. The normalized spacial score (nSPS) is 16.5. The number of fused-ring (bicyclic) bond motifs is 1. The third-order valence-electron chi connectivity index (χ3n) is 4.66. The number of benzene rings is 2. The average Bonchev–Trinajstić information content (AvgIpc) is 2.68. The van der Waals surface area contributed by atoms with Gasteiger partial charge in [-0.05, 0) is 31.0 Å². The summed E-state index contributed by atoms with van der Waals surface area (Å²) in [6, 6.07) is 18.7. The first-order chi connectivity index (χ1) is 12.7. The van der Waals surface area contributed by atoms with Crippen LogP contribution in [0.1, 0.15) is 30.9 Å². The molecule has 2 aromatic rings. The summed E-state index contributed by atoms with van der Waals surface area (Å²) < 4.78 is 5.68. The zero-order chi connectivity index (χ0) is 18.2. The fourth-order valence-corrected chi connectivity index (χ4v) is 3.19. The molecule has 0 saturated heterocycles. The van der Waals surface area contributed by atoms with Crippen molar-refractivity contribution in [2.45, 2.75) is 25.3 Å². The summed E-state index contributed by atoms with van der Waals surface area (Å²) in [5, 5.41) is 3.34. The van der Waals surface area contributed by atoms with Crippen molar-refractivity contribution in [2.75, 3.05) is 31.6 Å². The number of aliphatic imine (C=N–C) groups is 1. The standard InChI is InChI=1S/C21H28N4O/c1-25(17-9-3-2-4-10-17)15-8-7-14-23-21(22)24-19-13-16-26-20-12-6-5-11-18(19)20/h2-6,9-12,19H,7-8,13-16H2,1H3,(H3,22,23,24). The minimum absolute atomic E-state index is 0.174. The Morgan fingerprint density at radius 1 is 1.15 bits per heavy atom. The van der Waals surface area contributed by atoms with Gasteiger partial charge in [0.1, 0.15) is 5.75 Å². The number of unbranched alkanes of at least 4 members (excludes halogenated alkanes) is 1. The quantitative estimate of drug-likeness (QED) is 0.456. The molecule has 0 aromatic heterocycles. The van der Waals surface area contributed by atoms with Gasteiger partial charge in [0, 0.05) is 37.8 Å². The Labute approximate surface area is 155 Å². The number of nitrogens with two attached hydrogens (primary N) is 1. The predicted molar refractivity (Wildman–Crippen MR) is 108 cm³/mol. The van der Waals surface area contributed by atoms with Gasteiger partial charge in [-0.2, -0.15) is 0 Å². The van der Waals surface area contributed by atoms with Gasteiger partial charge in [-0.3, -0.25) is 4.99 Å². The highest BCUT2D eigenvalue weighted by molar-refractivity contribution is 5.78. The number of rotatable bonds is 7. The molecule has 138 valence electrons. The molecule has 0 amide bonds. The molecule has 1 aliphatic rings. The van der Waals surface area contributed by atoms with Crippen molar-refractivity contribution < 1.29 is 4.74 Å². The van der Waals surface area contributed by atoms with Gasteiger partial charge in [-0.25, -0.2) is 0 Å². The molecule has 0 bridgehead atoms. The van der Waals surface area contributed by atoms with Crippen LogP contribution in [0.5, 0.6) is 5.75 Å². The average molecular weight is 352 g/mol. The summed E-state index contributed by atoms with van der Waals surface area (Å²) in [7, 11) is 2.12. The van der Waals surface area contributed by atoms with Crippen LogP contribution in [0.25, 0.3) is 0 Å². The summed E-state index contributed by atoms with van der Waals surface area (Å²) in [4.78, 5) is 6.75. The summed E-state index contributed by atoms with van der Waals surface area (Å²) in [5.74, 6) is 1.45. The number of anilines is 1. The van der Waals surface area contributed by atoms with Crippen molar-refractivity contribution >= 4 is 11.6 Å². The van der Waals surface area contributed by atoms with E-state index in [1.807, 2.05) is 24.3 Å². The van der Waals surface area contributed by atoms with E-state index in [0.717, 1.165) is 43.7 Å². The SMILES string of the molecule is CN(CCCCN=C(N)NC1CCOc2ccccc21)c1ccccc1. The van der Waals surface area contributed by atoms with Gasteiger partial charge in [0.05, 0.1) is 12.6 Å². The topological polar surface area (TPSA) is 62.9 Å². The van der Waals surface area contributed by atoms with Gasteiger partial charge < -0.3 is 20.7 Å². The molecule has 0 aliphatic carbocycles. The molecule has 1 aliphatic heterocycles. The molecule has 1 heterocycles. The lowest BCUT2D eigenvalue weighted by Crippen LogP contribution is -2.37. The first-order valence-corrected chi connectivity index (χ1v) is 9.28. The second kappa shape index (κ2) is 9.13. The number of nitrogens with zero attached hydrogens (tertiary/aromatic N) is 2. The van der Waals surface area contributed by atoms with Gasteiger partial charge in [-0.1, -0.05) is 36.4 Å². The molecular weight excluding hydrogens is 324 g/mol. The molecule has 5 heteroatoms. The Hall–Kier alpha value is -2.69. The Morgan fingerprint density at radius 2 is 1.92 bits per heavy atom. The zero-order valence-electron chi connectivity index (χ0n) is 15.4. The largest absolute Gasteiger partial charge is 0.493 e. The van der Waals surface area contributed by atoms with E-state index >= 15 is 0 Å². The van der Waals surface area contributed by atoms with E-state index in [1.165, 1.54) is 5.69 Å². The van der Waals surface area contributed by atoms with Crippen LogP contribution in [-0.4, -0.2) is 32.7 Å². The minimum atomic E-state index is 0.174. The van der Waals surface area contributed by atoms with Crippen molar-refractivity contribution in [1.29, 1.82) is 0 Å². The van der Waals surface area contributed by atoms with Crippen LogP contribution in [0, 0.1) is 0 Å². The first kappa shape index (κ1) is 18.1. The Bertz CT molecular complexity index is 717. The summed E-state index contributed by atoms with van der Waals surface area (Å²) in [5.41, 5.74) is 8.48. The minimum Gasteiger partial charge on any atom is -0.493 e. The highest BCUT2D eigenvalue weighted by Crippen LogP contribution is 2.31. The van der Waals surface area contributed by atoms with Gasteiger partial charge >= 0.3 is 0 Å². The van der Waals surface area contributed by atoms with Crippen molar-refractivity contribution in [1.82, 2.24) is 5.32 Å². The van der Waals surface area contributed by atoms with E-state index in [4.69, 9.17) is 10.5 Å². The second-order valence-electron chi connectivity index (χ2n) is 6.60. The number of ether oxygens (including phenoxy) is 1. The van der Waals surface area contributed by atoms with E-state index in [2.05, 4.69) is 52.6 Å². The Morgan fingerprint density at radius 3 is 2.77 bits per heavy atom. The maximum absolute atomic E-state index is 6.08. The molecule has 3 rings (SSSR count). The molecule has 26 heavy (non-hydrogen) atoms. The van der Waals surface area contributed by atoms with Crippen LogP contribution in [0.4, 0.5) is 5.69 Å². The van der Waals surface area contributed by atoms with Crippen molar-refractivity contribution in [3.8, 4) is 5.75 Å². The molecule has 1 atom stereocenters. The summed E-state index contributed by atoms with van der Waals surface area (Å²) in [6.45, 7) is 2.46. The Kier molecular flexibility index (Phi) is 6.36. The number of guanidine groups is 1. The molecular formula is C21H28N4O. The zero-order valence-corrected chi connectivity index (χ0v) is 15.4. The van der Waals surface area contributed by atoms with Gasteiger partial charge in [0.15, 0.2) is 5.96 Å². The fraction of sp³-hybridized carbons (Fsp3) is 0.381. The third kappa shape index (κ3) is 4.91. The Balaban J connectivity index is 1.41. The van der Waals surface area contributed by atoms with Gasteiger partial charge in [0.25, 0.3) is 0 Å².